The highest BCUT2D eigenvalue weighted by molar-refractivity contribution is 5.94. The van der Waals surface area contributed by atoms with Gasteiger partial charge in [0.25, 0.3) is 0 Å². The molecule has 7 heteroatoms. The SMILES string of the molecule is CCOc1ccc(NC(=O)CNC(=O)CN)cc1OCC. The van der Waals surface area contributed by atoms with Crippen molar-refractivity contribution in [2.75, 3.05) is 31.6 Å². The molecule has 0 saturated heterocycles. The zero-order valence-electron chi connectivity index (χ0n) is 12.3. The summed E-state index contributed by atoms with van der Waals surface area (Å²) in [6, 6.07) is 5.11. The summed E-state index contributed by atoms with van der Waals surface area (Å²) in [6.45, 7) is 4.48. The summed E-state index contributed by atoms with van der Waals surface area (Å²) in [5.74, 6) is 0.451. The van der Waals surface area contributed by atoms with Gasteiger partial charge >= 0.3 is 0 Å². The summed E-state index contributed by atoms with van der Waals surface area (Å²) in [7, 11) is 0. The lowest BCUT2D eigenvalue weighted by Crippen LogP contribution is -2.36. The van der Waals surface area contributed by atoms with Gasteiger partial charge in [-0.2, -0.15) is 0 Å². The van der Waals surface area contributed by atoms with Crippen molar-refractivity contribution >= 4 is 17.5 Å². The van der Waals surface area contributed by atoms with Crippen LogP contribution in [0.2, 0.25) is 0 Å². The topological polar surface area (TPSA) is 103 Å². The third kappa shape index (κ3) is 5.70. The van der Waals surface area contributed by atoms with Crippen molar-refractivity contribution in [1.82, 2.24) is 5.32 Å². The quantitative estimate of drug-likeness (QED) is 0.648. The van der Waals surface area contributed by atoms with Crippen LogP contribution in [-0.2, 0) is 9.59 Å². The van der Waals surface area contributed by atoms with Crippen LogP contribution in [0, 0.1) is 0 Å². The molecule has 4 N–H and O–H groups in total. The molecule has 0 spiro atoms. The number of amides is 2. The van der Waals surface area contributed by atoms with Gasteiger partial charge in [0.1, 0.15) is 0 Å². The van der Waals surface area contributed by atoms with Crippen LogP contribution in [-0.4, -0.2) is 38.1 Å². The molecule has 0 heterocycles. The van der Waals surface area contributed by atoms with Crippen LogP contribution in [0.25, 0.3) is 0 Å². The monoisotopic (exact) mass is 295 g/mol. The molecule has 1 aromatic rings. The minimum atomic E-state index is -0.383. The maximum atomic E-state index is 11.7. The van der Waals surface area contributed by atoms with Crippen LogP contribution >= 0.6 is 0 Å². The second-order valence-corrected chi connectivity index (χ2v) is 4.06. The minimum absolute atomic E-state index is 0.132. The lowest BCUT2D eigenvalue weighted by Gasteiger charge is -2.13. The largest absolute Gasteiger partial charge is 0.490 e. The Kier molecular flexibility index (Phi) is 7.03. The van der Waals surface area contributed by atoms with E-state index in [1.807, 2.05) is 13.8 Å². The standard InChI is InChI=1S/C14H21N3O4/c1-3-20-11-6-5-10(7-12(11)21-4-2)17-14(19)9-16-13(18)8-15/h5-7H,3-4,8-9,15H2,1-2H3,(H,16,18)(H,17,19). The van der Waals surface area contributed by atoms with Gasteiger partial charge < -0.3 is 25.8 Å². The maximum absolute atomic E-state index is 11.7. The van der Waals surface area contributed by atoms with E-state index in [-0.39, 0.29) is 24.9 Å². The molecule has 1 rings (SSSR count). The Bertz CT molecular complexity index is 491. The van der Waals surface area contributed by atoms with Crippen LogP contribution in [0.3, 0.4) is 0 Å². The molecule has 0 aliphatic rings. The Labute approximate surface area is 123 Å². The van der Waals surface area contributed by atoms with Gasteiger partial charge in [0.15, 0.2) is 11.5 Å². The first-order valence-corrected chi connectivity index (χ1v) is 6.77. The fourth-order valence-corrected chi connectivity index (χ4v) is 1.59. The minimum Gasteiger partial charge on any atom is -0.490 e. The summed E-state index contributed by atoms with van der Waals surface area (Å²) in [5.41, 5.74) is 5.70. The van der Waals surface area contributed by atoms with Gasteiger partial charge in [-0.1, -0.05) is 0 Å². The Morgan fingerprint density at radius 2 is 1.76 bits per heavy atom. The van der Waals surface area contributed by atoms with Crippen molar-refractivity contribution in [2.45, 2.75) is 13.8 Å². The Morgan fingerprint density at radius 3 is 2.38 bits per heavy atom. The predicted octanol–water partition coefficient (Wildman–Crippen LogP) is 0.497. The van der Waals surface area contributed by atoms with E-state index in [2.05, 4.69) is 10.6 Å². The zero-order valence-corrected chi connectivity index (χ0v) is 12.3. The van der Waals surface area contributed by atoms with E-state index in [9.17, 15) is 9.59 Å². The second kappa shape index (κ2) is 8.80. The first-order valence-electron chi connectivity index (χ1n) is 6.77. The fourth-order valence-electron chi connectivity index (χ4n) is 1.59. The molecule has 0 aliphatic heterocycles. The van der Waals surface area contributed by atoms with Gasteiger partial charge in [-0.3, -0.25) is 9.59 Å². The average molecular weight is 295 g/mol. The Balaban J connectivity index is 2.68. The average Bonchev–Trinajstić information content (AvgIpc) is 2.48. The van der Waals surface area contributed by atoms with E-state index >= 15 is 0 Å². The van der Waals surface area contributed by atoms with E-state index in [1.54, 1.807) is 18.2 Å². The summed E-state index contributed by atoms with van der Waals surface area (Å²) >= 11 is 0. The predicted molar refractivity (Wildman–Crippen MR) is 79.5 cm³/mol. The Hall–Kier alpha value is -2.28. The molecule has 1 aromatic carbocycles. The highest BCUT2D eigenvalue weighted by Crippen LogP contribution is 2.30. The van der Waals surface area contributed by atoms with Gasteiger partial charge in [0, 0.05) is 11.8 Å². The third-order valence-electron chi connectivity index (χ3n) is 2.46. The lowest BCUT2D eigenvalue weighted by atomic mass is 10.2. The van der Waals surface area contributed by atoms with Gasteiger partial charge in [-0.15, -0.1) is 0 Å². The first-order chi connectivity index (χ1) is 10.1. The molecule has 0 radical (unpaired) electrons. The molecule has 0 aliphatic carbocycles. The molecule has 0 saturated carbocycles. The van der Waals surface area contributed by atoms with Crippen molar-refractivity contribution in [1.29, 1.82) is 0 Å². The molecule has 7 nitrogen and oxygen atoms in total. The number of rotatable bonds is 8. The van der Waals surface area contributed by atoms with E-state index in [1.165, 1.54) is 0 Å². The van der Waals surface area contributed by atoms with Gasteiger partial charge in [0.05, 0.1) is 26.3 Å². The van der Waals surface area contributed by atoms with E-state index < -0.39 is 0 Å². The number of hydrogen-bond acceptors (Lipinski definition) is 5. The number of carbonyl (C=O) groups is 2. The van der Waals surface area contributed by atoms with Crippen molar-refractivity contribution in [3.05, 3.63) is 18.2 Å². The van der Waals surface area contributed by atoms with Crippen molar-refractivity contribution < 1.29 is 19.1 Å². The number of benzene rings is 1. The molecular formula is C14H21N3O4. The molecule has 0 bridgehead atoms. The second-order valence-electron chi connectivity index (χ2n) is 4.06. The van der Waals surface area contributed by atoms with Crippen LogP contribution in [0.1, 0.15) is 13.8 Å². The zero-order chi connectivity index (χ0) is 15.7. The molecule has 0 aromatic heterocycles. The number of nitrogens with one attached hydrogen (secondary N) is 2. The number of ether oxygens (including phenoxy) is 2. The molecule has 116 valence electrons. The first kappa shape index (κ1) is 16.8. The smallest absolute Gasteiger partial charge is 0.243 e. The normalized spacial score (nSPS) is 9.86. The summed E-state index contributed by atoms with van der Waals surface area (Å²) in [6.07, 6.45) is 0. The fraction of sp³-hybridized carbons (Fsp3) is 0.429. The molecule has 2 amide bonds. The van der Waals surface area contributed by atoms with Gasteiger partial charge in [-0.25, -0.2) is 0 Å². The lowest BCUT2D eigenvalue weighted by molar-refractivity contribution is -0.123. The summed E-state index contributed by atoms with van der Waals surface area (Å²) in [5, 5.41) is 5.05. The molecular weight excluding hydrogens is 274 g/mol. The third-order valence-corrected chi connectivity index (χ3v) is 2.46. The number of hydrogen-bond donors (Lipinski definition) is 3. The number of anilines is 1. The van der Waals surface area contributed by atoms with Gasteiger partial charge in [0.2, 0.25) is 11.8 Å². The van der Waals surface area contributed by atoms with Crippen molar-refractivity contribution in [3.63, 3.8) is 0 Å². The van der Waals surface area contributed by atoms with E-state index in [0.29, 0.717) is 30.4 Å². The van der Waals surface area contributed by atoms with Gasteiger partial charge in [-0.05, 0) is 26.0 Å². The van der Waals surface area contributed by atoms with Crippen molar-refractivity contribution in [3.8, 4) is 11.5 Å². The highest BCUT2D eigenvalue weighted by Gasteiger charge is 2.09. The summed E-state index contributed by atoms with van der Waals surface area (Å²) < 4.78 is 10.9. The van der Waals surface area contributed by atoms with E-state index in [4.69, 9.17) is 15.2 Å². The summed E-state index contributed by atoms with van der Waals surface area (Å²) in [4.78, 5) is 22.6. The number of carbonyl (C=O) groups excluding carboxylic acids is 2. The van der Waals surface area contributed by atoms with Crippen LogP contribution in [0.4, 0.5) is 5.69 Å². The molecule has 0 unspecified atom stereocenters. The van der Waals surface area contributed by atoms with E-state index in [0.717, 1.165) is 0 Å². The van der Waals surface area contributed by atoms with Crippen LogP contribution < -0.4 is 25.8 Å². The molecule has 0 fully saturated rings. The highest BCUT2D eigenvalue weighted by atomic mass is 16.5. The van der Waals surface area contributed by atoms with Crippen LogP contribution in [0.5, 0.6) is 11.5 Å². The maximum Gasteiger partial charge on any atom is 0.243 e. The Morgan fingerprint density at radius 1 is 1.10 bits per heavy atom. The number of nitrogens with two attached hydrogens (primary N) is 1. The molecule has 21 heavy (non-hydrogen) atoms. The molecule has 0 atom stereocenters. The van der Waals surface area contributed by atoms with Crippen LogP contribution in [0.15, 0.2) is 18.2 Å². The van der Waals surface area contributed by atoms with Crippen molar-refractivity contribution in [2.24, 2.45) is 5.73 Å².